The molecular formula is C20H26N4O3S. The summed E-state index contributed by atoms with van der Waals surface area (Å²) in [6, 6.07) is 0. The third kappa shape index (κ3) is 4.01. The molecule has 7 nitrogen and oxygen atoms in total. The predicted octanol–water partition coefficient (Wildman–Crippen LogP) is 2.93. The average Bonchev–Trinajstić information content (AvgIpc) is 3.21. The number of fused-ring (bicyclic) bond motifs is 1. The second kappa shape index (κ2) is 7.87. The summed E-state index contributed by atoms with van der Waals surface area (Å²) in [4.78, 5) is 37.5. The van der Waals surface area contributed by atoms with Crippen molar-refractivity contribution >= 4 is 34.4 Å². The van der Waals surface area contributed by atoms with E-state index in [1.165, 1.54) is 20.9 Å². The van der Waals surface area contributed by atoms with Crippen LogP contribution in [-0.4, -0.2) is 34.9 Å². The van der Waals surface area contributed by atoms with Crippen LogP contribution in [-0.2, 0) is 29.6 Å². The highest BCUT2D eigenvalue weighted by Gasteiger charge is 2.26. The maximum absolute atomic E-state index is 12.6. The molecule has 2 N–H and O–H groups in total. The van der Waals surface area contributed by atoms with Crippen molar-refractivity contribution in [3.05, 3.63) is 33.5 Å². The molecule has 8 heteroatoms. The molecule has 0 fully saturated rings. The summed E-state index contributed by atoms with van der Waals surface area (Å²) in [5.74, 6) is -0.448. The number of nitrogens with zero attached hydrogens (tertiary/aromatic N) is 2. The van der Waals surface area contributed by atoms with Gasteiger partial charge < -0.3 is 10.6 Å². The Bertz CT molecular complexity index is 921. The second-order valence-electron chi connectivity index (χ2n) is 8.04. The maximum atomic E-state index is 12.6. The first-order chi connectivity index (χ1) is 13.2. The van der Waals surface area contributed by atoms with Gasteiger partial charge in [0, 0.05) is 23.5 Å². The number of anilines is 1. The molecule has 28 heavy (non-hydrogen) atoms. The van der Waals surface area contributed by atoms with E-state index in [9.17, 15) is 14.4 Å². The van der Waals surface area contributed by atoms with Crippen LogP contribution in [0.1, 0.15) is 70.5 Å². The van der Waals surface area contributed by atoms with Gasteiger partial charge in [0.05, 0.1) is 16.8 Å². The van der Waals surface area contributed by atoms with Gasteiger partial charge >= 0.3 is 0 Å². The Morgan fingerprint density at radius 2 is 2.00 bits per heavy atom. The third-order valence-electron chi connectivity index (χ3n) is 4.81. The molecule has 1 aliphatic rings. The number of hydrogen-bond acceptors (Lipinski definition) is 5. The minimum absolute atomic E-state index is 0.0212. The number of thiophene rings is 1. The summed E-state index contributed by atoms with van der Waals surface area (Å²) >= 11 is 1.48. The Hall–Kier alpha value is -2.48. The lowest BCUT2D eigenvalue weighted by Gasteiger charge is -2.15. The van der Waals surface area contributed by atoms with E-state index >= 15 is 0 Å². The fourth-order valence-corrected chi connectivity index (χ4v) is 4.82. The first-order valence-corrected chi connectivity index (χ1v) is 10.3. The lowest BCUT2D eigenvalue weighted by molar-refractivity contribution is -0.116. The molecule has 0 saturated carbocycles. The summed E-state index contributed by atoms with van der Waals surface area (Å²) in [5, 5.41) is 10.6. The standard InChI is InChI=1S/C20H26N4O3S/c1-20(2,3)17-12(11-25)9-24(23-17)10-15(26)22-19-16(18(27)21-4)13-7-5-6-8-14(13)28-19/h9,11H,5-8,10H2,1-4H3,(H,21,27)(H,22,26). The van der Waals surface area contributed by atoms with Crippen LogP contribution < -0.4 is 10.6 Å². The maximum Gasteiger partial charge on any atom is 0.254 e. The van der Waals surface area contributed by atoms with Crippen molar-refractivity contribution < 1.29 is 14.4 Å². The van der Waals surface area contributed by atoms with Crippen molar-refractivity contribution in [1.82, 2.24) is 15.1 Å². The van der Waals surface area contributed by atoms with E-state index in [0.29, 0.717) is 21.8 Å². The van der Waals surface area contributed by atoms with Crippen LogP contribution in [0.4, 0.5) is 5.00 Å². The number of aryl methyl sites for hydroxylation is 1. The van der Waals surface area contributed by atoms with E-state index in [2.05, 4.69) is 15.7 Å². The Morgan fingerprint density at radius 3 is 2.61 bits per heavy atom. The van der Waals surface area contributed by atoms with E-state index in [1.807, 2.05) is 20.8 Å². The van der Waals surface area contributed by atoms with Gasteiger partial charge in [0.15, 0.2) is 6.29 Å². The van der Waals surface area contributed by atoms with E-state index < -0.39 is 0 Å². The molecule has 2 heterocycles. The number of aromatic nitrogens is 2. The Morgan fingerprint density at radius 1 is 1.29 bits per heavy atom. The number of carbonyl (C=O) groups excluding carboxylic acids is 3. The van der Waals surface area contributed by atoms with Gasteiger partial charge in [-0.15, -0.1) is 11.3 Å². The van der Waals surface area contributed by atoms with E-state index in [-0.39, 0.29) is 23.8 Å². The molecule has 3 rings (SSSR count). The van der Waals surface area contributed by atoms with Crippen LogP contribution in [0, 0.1) is 0 Å². The molecule has 0 saturated heterocycles. The van der Waals surface area contributed by atoms with Gasteiger partial charge in [0.1, 0.15) is 11.5 Å². The molecule has 0 aliphatic heterocycles. The Labute approximate surface area is 168 Å². The number of carbonyl (C=O) groups is 3. The van der Waals surface area contributed by atoms with Crippen molar-refractivity contribution in [2.45, 2.75) is 58.4 Å². The largest absolute Gasteiger partial charge is 0.355 e. The van der Waals surface area contributed by atoms with Crippen LogP contribution in [0.5, 0.6) is 0 Å². The van der Waals surface area contributed by atoms with Crippen LogP contribution >= 0.6 is 11.3 Å². The molecule has 0 radical (unpaired) electrons. The fourth-order valence-electron chi connectivity index (χ4n) is 3.52. The molecular weight excluding hydrogens is 376 g/mol. The van der Waals surface area contributed by atoms with Gasteiger partial charge in [0.2, 0.25) is 5.91 Å². The highest BCUT2D eigenvalue weighted by atomic mass is 32.1. The van der Waals surface area contributed by atoms with Crippen LogP contribution in [0.2, 0.25) is 0 Å². The zero-order valence-corrected chi connectivity index (χ0v) is 17.5. The van der Waals surface area contributed by atoms with Gasteiger partial charge in [-0.2, -0.15) is 5.10 Å². The molecule has 0 unspecified atom stereocenters. The number of rotatable bonds is 5. The zero-order valence-electron chi connectivity index (χ0n) is 16.7. The minimum atomic E-state index is -0.294. The highest BCUT2D eigenvalue weighted by molar-refractivity contribution is 7.17. The van der Waals surface area contributed by atoms with Crippen molar-refractivity contribution in [3.63, 3.8) is 0 Å². The molecule has 2 aromatic heterocycles. The molecule has 150 valence electrons. The van der Waals surface area contributed by atoms with Gasteiger partial charge in [-0.05, 0) is 31.2 Å². The molecule has 0 spiro atoms. The van der Waals surface area contributed by atoms with Gasteiger partial charge in [-0.25, -0.2) is 0 Å². The summed E-state index contributed by atoms with van der Waals surface area (Å²) in [5.41, 5.74) is 2.49. The lowest BCUT2D eigenvalue weighted by atomic mass is 9.90. The minimum Gasteiger partial charge on any atom is -0.355 e. The summed E-state index contributed by atoms with van der Waals surface area (Å²) in [7, 11) is 1.60. The SMILES string of the molecule is CNC(=O)c1c(NC(=O)Cn2cc(C=O)c(C(C)(C)C)n2)sc2c1CCCC2. The first-order valence-electron chi connectivity index (χ1n) is 9.44. The summed E-state index contributed by atoms with van der Waals surface area (Å²) in [6.07, 6.45) is 6.31. The van der Waals surface area contributed by atoms with Crippen molar-refractivity contribution in [2.24, 2.45) is 0 Å². The van der Waals surface area contributed by atoms with Crippen molar-refractivity contribution in [2.75, 3.05) is 12.4 Å². The van der Waals surface area contributed by atoms with E-state index in [4.69, 9.17) is 0 Å². The van der Waals surface area contributed by atoms with Gasteiger partial charge in [0.25, 0.3) is 5.91 Å². The van der Waals surface area contributed by atoms with E-state index in [0.717, 1.165) is 37.5 Å². The normalized spacial score (nSPS) is 13.7. The zero-order chi connectivity index (χ0) is 20.5. The molecule has 2 aromatic rings. The molecule has 0 aromatic carbocycles. The predicted molar refractivity (Wildman–Crippen MR) is 109 cm³/mol. The van der Waals surface area contributed by atoms with Crippen molar-refractivity contribution in [3.8, 4) is 0 Å². The molecule has 0 atom stereocenters. The number of aldehydes is 1. The monoisotopic (exact) mass is 402 g/mol. The van der Waals surface area contributed by atoms with Crippen molar-refractivity contribution in [1.29, 1.82) is 0 Å². The van der Waals surface area contributed by atoms with Crippen LogP contribution in [0.15, 0.2) is 6.20 Å². The molecule has 1 aliphatic carbocycles. The average molecular weight is 403 g/mol. The number of hydrogen-bond donors (Lipinski definition) is 2. The summed E-state index contributed by atoms with van der Waals surface area (Å²) in [6.45, 7) is 5.89. The molecule has 2 amide bonds. The van der Waals surface area contributed by atoms with Crippen LogP contribution in [0.25, 0.3) is 0 Å². The Kier molecular flexibility index (Phi) is 5.69. The fraction of sp³-hybridized carbons (Fsp3) is 0.500. The summed E-state index contributed by atoms with van der Waals surface area (Å²) < 4.78 is 1.48. The topological polar surface area (TPSA) is 93.1 Å². The van der Waals surface area contributed by atoms with E-state index in [1.54, 1.807) is 13.2 Å². The quantitative estimate of drug-likeness (QED) is 0.752. The number of nitrogens with one attached hydrogen (secondary N) is 2. The third-order valence-corrected chi connectivity index (χ3v) is 6.02. The Balaban J connectivity index is 1.82. The second-order valence-corrected chi connectivity index (χ2v) is 9.15. The molecule has 0 bridgehead atoms. The van der Waals surface area contributed by atoms with Gasteiger partial charge in [-0.3, -0.25) is 19.1 Å². The highest BCUT2D eigenvalue weighted by Crippen LogP contribution is 2.38. The van der Waals surface area contributed by atoms with Gasteiger partial charge in [-0.1, -0.05) is 20.8 Å². The van der Waals surface area contributed by atoms with Crippen LogP contribution in [0.3, 0.4) is 0 Å². The first kappa shape index (κ1) is 20.3. The lowest BCUT2D eigenvalue weighted by Crippen LogP contribution is -2.24. The number of amides is 2. The smallest absolute Gasteiger partial charge is 0.254 e.